The summed E-state index contributed by atoms with van der Waals surface area (Å²) in [5.74, 6) is -0.471. The van der Waals surface area contributed by atoms with Crippen molar-refractivity contribution in [3.05, 3.63) is 0 Å². The first-order valence-corrected chi connectivity index (χ1v) is 7.96. The molecule has 2 heterocycles. The van der Waals surface area contributed by atoms with Gasteiger partial charge >= 0.3 is 5.97 Å². The van der Waals surface area contributed by atoms with E-state index in [4.69, 9.17) is 4.84 Å². The fourth-order valence-electron chi connectivity index (χ4n) is 2.90. The lowest BCUT2D eigenvalue weighted by atomic mass is 10.2. The largest absolute Gasteiger partial charge is 0.378 e. The van der Waals surface area contributed by atoms with E-state index < -0.39 is 30.9 Å². The van der Waals surface area contributed by atoms with Crippen LogP contribution in [-0.2, 0) is 9.63 Å². The van der Waals surface area contributed by atoms with Gasteiger partial charge in [0, 0.05) is 13.0 Å². The van der Waals surface area contributed by atoms with Crippen molar-refractivity contribution in [2.45, 2.75) is 76.3 Å². The number of hydrogen-bond acceptors (Lipinski definition) is 8. The van der Waals surface area contributed by atoms with Crippen molar-refractivity contribution in [1.82, 2.24) is 9.96 Å². The molecule has 2 aliphatic heterocycles. The lowest BCUT2D eigenvalue weighted by Crippen LogP contribution is -2.37. The molecule has 0 aromatic carbocycles. The Balaban J connectivity index is 1.56. The smallest absolute Gasteiger partial charge is 0.325 e. The summed E-state index contributed by atoms with van der Waals surface area (Å²) >= 11 is 0. The molecule has 8 heteroatoms. The minimum atomic E-state index is -0.933. The Kier molecular flexibility index (Phi) is 6.54. The SMILES string of the molecule is O=C(CCCCCN1C(O)CCC1O)ON1C(O)CCC1O. The third kappa shape index (κ3) is 4.61. The van der Waals surface area contributed by atoms with Crippen LogP contribution in [0.4, 0.5) is 0 Å². The van der Waals surface area contributed by atoms with Crippen LogP contribution in [0.3, 0.4) is 0 Å². The van der Waals surface area contributed by atoms with E-state index in [0.717, 1.165) is 17.9 Å². The van der Waals surface area contributed by atoms with Gasteiger partial charge in [-0.25, -0.2) is 0 Å². The number of nitrogens with zero attached hydrogens (tertiary/aromatic N) is 2. The maximum atomic E-state index is 11.6. The predicted molar refractivity (Wildman–Crippen MR) is 75.6 cm³/mol. The van der Waals surface area contributed by atoms with Crippen molar-refractivity contribution in [2.75, 3.05) is 6.54 Å². The maximum Gasteiger partial charge on any atom is 0.325 e. The highest BCUT2D eigenvalue weighted by atomic mass is 16.7. The number of unbranched alkanes of at least 4 members (excludes halogenated alkanes) is 2. The van der Waals surface area contributed by atoms with E-state index in [1.54, 1.807) is 4.90 Å². The third-order valence-corrected chi connectivity index (χ3v) is 4.22. The first kappa shape index (κ1) is 17.6. The number of hydroxylamine groups is 2. The van der Waals surface area contributed by atoms with Crippen molar-refractivity contribution < 1.29 is 30.1 Å². The van der Waals surface area contributed by atoms with Crippen LogP contribution < -0.4 is 0 Å². The fourth-order valence-corrected chi connectivity index (χ4v) is 2.90. The average Bonchev–Trinajstić information content (AvgIpc) is 2.96. The van der Waals surface area contributed by atoms with E-state index >= 15 is 0 Å². The fraction of sp³-hybridized carbons (Fsp3) is 0.929. The first-order chi connectivity index (χ1) is 10.5. The minimum absolute atomic E-state index is 0.209. The van der Waals surface area contributed by atoms with Crippen LogP contribution in [0, 0.1) is 0 Å². The molecule has 4 atom stereocenters. The summed E-state index contributed by atoms with van der Waals surface area (Å²) in [6, 6.07) is 0. The molecule has 0 aromatic rings. The van der Waals surface area contributed by atoms with Crippen LogP contribution in [0.25, 0.3) is 0 Å². The van der Waals surface area contributed by atoms with E-state index in [1.165, 1.54) is 0 Å². The lowest BCUT2D eigenvalue weighted by Gasteiger charge is -2.23. The minimum Gasteiger partial charge on any atom is -0.378 e. The number of aliphatic hydroxyl groups excluding tert-OH is 4. The molecule has 0 saturated carbocycles. The topological polar surface area (TPSA) is 114 Å². The van der Waals surface area contributed by atoms with Crippen LogP contribution in [0.1, 0.15) is 51.4 Å². The van der Waals surface area contributed by atoms with Crippen molar-refractivity contribution >= 4 is 5.97 Å². The Morgan fingerprint density at radius 2 is 1.41 bits per heavy atom. The molecule has 0 spiro atoms. The molecule has 2 saturated heterocycles. The number of likely N-dealkylation sites (tertiary alicyclic amines) is 1. The molecule has 8 nitrogen and oxygen atoms in total. The number of hydrogen-bond donors (Lipinski definition) is 4. The zero-order chi connectivity index (χ0) is 16.1. The second-order valence-electron chi connectivity index (χ2n) is 5.95. The molecule has 128 valence electrons. The summed E-state index contributed by atoms with van der Waals surface area (Å²) in [7, 11) is 0. The normalized spacial score (nSPS) is 33.5. The van der Waals surface area contributed by atoms with Crippen molar-refractivity contribution in [3.63, 3.8) is 0 Å². The first-order valence-electron chi connectivity index (χ1n) is 7.96. The maximum absolute atomic E-state index is 11.6. The van der Waals surface area contributed by atoms with E-state index in [0.29, 0.717) is 38.6 Å². The van der Waals surface area contributed by atoms with Crippen LogP contribution in [-0.4, -0.2) is 67.8 Å². The van der Waals surface area contributed by atoms with Gasteiger partial charge in [0.05, 0.1) is 0 Å². The predicted octanol–water partition coefficient (Wildman–Crippen LogP) is -0.530. The molecule has 4 N–H and O–H groups in total. The van der Waals surface area contributed by atoms with Crippen LogP contribution in [0.15, 0.2) is 0 Å². The van der Waals surface area contributed by atoms with Crippen molar-refractivity contribution in [3.8, 4) is 0 Å². The van der Waals surface area contributed by atoms with Gasteiger partial charge in [0.2, 0.25) is 0 Å². The van der Waals surface area contributed by atoms with Crippen molar-refractivity contribution in [2.24, 2.45) is 0 Å². The molecule has 2 aliphatic rings. The molecule has 2 rings (SSSR count). The molecule has 4 unspecified atom stereocenters. The number of aliphatic hydroxyl groups is 4. The highest BCUT2D eigenvalue weighted by Crippen LogP contribution is 2.22. The second kappa shape index (κ2) is 8.19. The molecular formula is C14H26N2O6. The highest BCUT2D eigenvalue weighted by Gasteiger charge is 2.34. The molecule has 0 bridgehead atoms. The Morgan fingerprint density at radius 1 is 0.864 bits per heavy atom. The lowest BCUT2D eigenvalue weighted by molar-refractivity contribution is -0.261. The molecule has 0 radical (unpaired) electrons. The Morgan fingerprint density at radius 3 is 2.00 bits per heavy atom. The quantitative estimate of drug-likeness (QED) is 0.463. The second-order valence-corrected chi connectivity index (χ2v) is 5.95. The van der Waals surface area contributed by atoms with Gasteiger partial charge in [-0.1, -0.05) is 11.5 Å². The zero-order valence-corrected chi connectivity index (χ0v) is 12.7. The number of carbonyl (C=O) groups excluding carboxylic acids is 1. The van der Waals surface area contributed by atoms with Crippen molar-refractivity contribution in [1.29, 1.82) is 0 Å². The van der Waals surface area contributed by atoms with Gasteiger partial charge in [-0.05, 0) is 38.5 Å². The molecule has 22 heavy (non-hydrogen) atoms. The standard InChI is InChI=1S/C14H26N2O6/c17-10-5-6-11(18)15(10)9-3-1-2-4-14(21)22-16-12(19)7-8-13(16)20/h10-13,17-20H,1-9H2. The monoisotopic (exact) mass is 318 g/mol. The summed E-state index contributed by atoms with van der Waals surface area (Å²) in [4.78, 5) is 18.3. The van der Waals surface area contributed by atoms with Gasteiger partial charge in [0.1, 0.15) is 24.9 Å². The Bertz CT molecular complexity index is 349. The Hall–Kier alpha value is -0.770. The van der Waals surface area contributed by atoms with Gasteiger partial charge < -0.3 is 25.3 Å². The Labute approximate surface area is 129 Å². The number of carbonyl (C=O) groups is 1. The summed E-state index contributed by atoms with van der Waals surface area (Å²) in [6.07, 6.45) is 1.32. The van der Waals surface area contributed by atoms with E-state index in [2.05, 4.69) is 0 Å². The van der Waals surface area contributed by atoms with Gasteiger partial charge in [0.15, 0.2) is 0 Å². The van der Waals surface area contributed by atoms with Crippen LogP contribution >= 0.6 is 0 Å². The summed E-state index contributed by atoms with van der Waals surface area (Å²) in [5.41, 5.74) is 0. The molecule has 0 aliphatic carbocycles. The third-order valence-electron chi connectivity index (χ3n) is 4.22. The average molecular weight is 318 g/mol. The molecule has 2 fully saturated rings. The van der Waals surface area contributed by atoms with Gasteiger partial charge in [-0.15, -0.1) is 0 Å². The molecule has 0 amide bonds. The van der Waals surface area contributed by atoms with Gasteiger partial charge in [0.25, 0.3) is 0 Å². The summed E-state index contributed by atoms with van der Waals surface area (Å²) < 4.78 is 0. The molecular weight excluding hydrogens is 292 g/mol. The highest BCUT2D eigenvalue weighted by molar-refractivity contribution is 5.68. The van der Waals surface area contributed by atoms with Gasteiger partial charge in [-0.3, -0.25) is 9.69 Å². The zero-order valence-electron chi connectivity index (χ0n) is 12.7. The van der Waals surface area contributed by atoms with Gasteiger partial charge in [-0.2, -0.15) is 0 Å². The van der Waals surface area contributed by atoms with Crippen LogP contribution in [0.5, 0.6) is 0 Å². The van der Waals surface area contributed by atoms with E-state index in [9.17, 15) is 25.2 Å². The molecule has 0 aromatic heterocycles. The van der Waals surface area contributed by atoms with E-state index in [-0.39, 0.29) is 6.42 Å². The summed E-state index contributed by atoms with van der Waals surface area (Å²) in [5, 5.41) is 39.3. The summed E-state index contributed by atoms with van der Waals surface area (Å²) in [6.45, 7) is 0.598. The van der Waals surface area contributed by atoms with E-state index in [1.807, 2.05) is 0 Å². The van der Waals surface area contributed by atoms with Crippen LogP contribution in [0.2, 0.25) is 0 Å². The number of rotatable bonds is 7.